The number of ether oxygens (including phenoxy) is 1. The second-order valence-corrected chi connectivity index (χ2v) is 7.25. The normalized spacial score (nSPS) is 16.5. The van der Waals surface area contributed by atoms with Crippen molar-refractivity contribution in [3.63, 3.8) is 0 Å². The molecule has 0 fully saturated rings. The first-order chi connectivity index (χ1) is 9.89. The van der Waals surface area contributed by atoms with Crippen LogP contribution in [0.3, 0.4) is 0 Å². The monoisotopic (exact) mass is 303 g/mol. The van der Waals surface area contributed by atoms with E-state index < -0.39 is 0 Å². The first kappa shape index (κ1) is 14.2. The second-order valence-electron chi connectivity index (χ2n) is 6.02. The molecule has 0 atom stereocenters. The van der Waals surface area contributed by atoms with E-state index in [0.29, 0.717) is 5.13 Å². The molecular weight excluding hydrogens is 282 g/mol. The predicted molar refractivity (Wildman–Crippen MR) is 89.3 cm³/mol. The summed E-state index contributed by atoms with van der Waals surface area (Å²) >= 11 is 1.53. The molecule has 2 N–H and O–H groups in total. The van der Waals surface area contributed by atoms with Crippen LogP contribution in [0, 0.1) is 6.92 Å². The third-order valence-corrected chi connectivity index (χ3v) is 4.53. The Morgan fingerprint density at radius 3 is 2.81 bits per heavy atom. The number of benzene rings is 1. The Morgan fingerprint density at radius 2 is 2.19 bits per heavy atom. The van der Waals surface area contributed by atoms with Crippen molar-refractivity contribution in [2.75, 3.05) is 23.7 Å². The molecule has 0 amide bonds. The van der Waals surface area contributed by atoms with Crippen LogP contribution in [0.4, 0.5) is 10.8 Å². The largest absolute Gasteiger partial charge is 0.484 e. The summed E-state index contributed by atoms with van der Waals surface area (Å²) in [5, 5.41) is 0.616. The topological polar surface area (TPSA) is 51.4 Å². The number of nitrogens with two attached hydrogens (primary N) is 1. The number of hydrogen-bond acceptors (Lipinski definition) is 5. The molecule has 1 aromatic heterocycles. The highest BCUT2D eigenvalue weighted by molar-refractivity contribution is 7.15. The Labute approximate surface area is 129 Å². The van der Waals surface area contributed by atoms with E-state index in [1.54, 1.807) is 0 Å². The van der Waals surface area contributed by atoms with Crippen molar-refractivity contribution < 1.29 is 4.74 Å². The Hall–Kier alpha value is -1.75. The van der Waals surface area contributed by atoms with Crippen LogP contribution in [-0.4, -0.2) is 23.7 Å². The average molecular weight is 303 g/mol. The van der Waals surface area contributed by atoms with Gasteiger partial charge < -0.3 is 15.4 Å². The molecule has 4 nitrogen and oxygen atoms in total. The van der Waals surface area contributed by atoms with Crippen molar-refractivity contribution in [3.8, 4) is 17.0 Å². The summed E-state index contributed by atoms with van der Waals surface area (Å²) in [6.45, 7) is 10.3. The minimum Gasteiger partial charge on any atom is -0.484 e. The Balaban J connectivity index is 2.07. The molecule has 1 aromatic carbocycles. The van der Waals surface area contributed by atoms with E-state index in [0.717, 1.165) is 40.7 Å². The lowest BCUT2D eigenvalue weighted by molar-refractivity contribution is 0.105. The molecular formula is C16H21N3OS. The van der Waals surface area contributed by atoms with Crippen LogP contribution in [0.5, 0.6) is 5.75 Å². The summed E-state index contributed by atoms with van der Waals surface area (Å²) in [4.78, 5) is 7.95. The van der Waals surface area contributed by atoms with Gasteiger partial charge in [-0.3, -0.25) is 0 Å². The fourth-order valence-corrected chi connectivity index (χ4v) is 3.55. The molecule has 112 valence electrons. The maximum absolute atomic E-state index is 6.09. The quantitative estimate of drug-likeness (QED) is 0.919. The van der Waals surface area contributed by atoms with E-state index in [-0.39, 0.29) is 5.60 Å². The van der Waals surface area contributed by atoms with Crippen LogP contribution in [0.2, 0.25) is 0 Å². The summed E-state index contributed by atoms with van der Waals surface area (Å²) in [5.74, 6) is 0.942. The predicted octanol–water partition coefficient (Wildman–Crippen LogP) is 3.70. The molecule has 1 aliphatic rings. The van der Waals surface area contributed by atoms with Crippen molar-refractivity contribution in [1.29, 1.82) is 0 Å². The lowest BCUT2D eigenvalue weighted by Crippen LogP contribution is -2.46. The van der Waals surface area contributed by atoms with Crippen molar-refractivity contribution in [1.82, 2.24) is 4.98 Å². The third-order valence-electron chi connectivity index (χ3n) is 3.73. The summed E-state index contributed by atoms with van der Waals surface area (Å²) < 4.78 is 6.09. The highest BCUT2D eigenvalue weighted by atomic mass is 32.1. The highest BCUT2D eigenvalue weighted by Crippen LogP contribution is 2.40. The smallest absolute Gasteiger partial charge is 0.180 e. The van der Waals surface area contributed by atoms with Gasteiger partial charge in [-0.15, -0.1) is 11.3 Å². The zero-order valence-electron chi connectivity index (χ0n) is 12.9. The van der Waals surface area contributed by atoms with Gasteiger partial charge in [0.1, 0.15) is 11.4 Å². The van der Waals surface area contributed by atoms with Gasteiger partial charge in [-0.25, -0.2) is 4.98 Å². The SMILES string of the molecule is CCN1CC(C)(C)Oc2ccc(-c3nc(N)sc3C)cc21. The molecule has 0 radical (unpaired) electrons. The lowest BCUT2D eigenvalue weighted by atomic mass is 10.0. The number of thiazole rings is 1. The van der Waals surface area contributed by atoms with Crippen molar-refractivity contribution in [2.45, 2.75) is 33.3 Å². The summed E-state index contributed by atoms with van der Waals surface area (Å²) in [6.07, 6.45) is 0. The number of nitrogens with zero attached hydrogens (tertiary/aromatic N) is 2. The standard InChI is InChI=1S/C16H21N3OS/c1-5-19-9-16(3,4)20-13-7-6-11(8-12(13)19)14-10(2)21-15(17)18-14/h6-8H,5,9H2,1-4H3,(H2,17,18). The van der Waals surface area contributed by atoms with Gasteiger partial charge in [0.15, 0.2) is 5.13 Å². The van der Waals surface area contributed by atoms with Crippen LogP contribution in [0.25, 0.3) is 11.3 Å². The summed E-state index contributed by atoms with van der Waals surface area (Å²) in [7, 11) is 0. The van der Waals surface area contributed by atoms with Gasteiger partial charge in [-0.05, 0) is 45.9 Å². The molecule has 0 saturated heterocycles. The molecule has 21 heavy (non-hydrogen) atoms. The third kappa shape index (κ3) is 2.58. The molecule has 2 aromatic rings. The van der Waals surface area contributed by atoms with Gasteiger partial charge in [-0.1, -0.05) is 0 Å². The Kier molecular flexibility index (Phi) is 3.32. The number of nitrogen functional groups attached to an aromatic ring is 1. The van der Waals surface area contributed by atoms with E-state index in [9.17, 15) is 0 Å². The highest BCUT2D eigenvalue weighted by Gasteiger charge is 2.31. The van der Waals surface area contributed by atoms with Gasteiger partial charge in [0.2, 0.25) is 0 Å². The molecule has 0 bridgehead atoms. The van der Waals surface area contributed by atoms with E-state index in [2.05, 4.69) is 49.7 Å². The number of fused-ring (bicyclic) bond motifs is 1. The minimum absolute atomic E-state index is 0.161. The average Bonchev–Trinajstić information content (AvgIpc) is 2.75. The second kappa shape index (κ2) is 4.91. The van der Waals surface area contributed by atoms with E-state index >= 15 is 0 Å². The van der Waals surface area contributed by atoms with Gasteiger partial charge in [0, 0.05) is 17.0 Å². The van der Waals surface area contributed by atoms with E-state index in [4.69, 9.17) is 10.5 Å². The minimum atomic E-state index is -0.161. The molecule has 3 rings (SSSR count). The Morgan fingerprint density at radius 1 is 1.43 bits per heavy atom. The van der Waals surface area contributed by atoms with Crippen LogP contribution < -0.4 is 15.4 Å². The molecule has 0 aliphatic carbocycles. The molecule has 0 unspecified atom stereocenters. The zero-order valence-corrected chi connectivity index (χ0v) is 13.8. The number of anilines is 2. The summed E-state index contributed by atoms with van der Waals surface area (Å²) in [5.41, 5.74) is 8.87. The van der Waals surface area contributed by atoms with Gasteiger partial charge in [0.05, 0.1) is 17.9 Å². The fraction of sp³-hybridized carbons (Fsp3) is 0.438. The number of rotatable bonds is 2. The molecule has 1 aliphatic heterocycles. The summed E-state index contributed by atoms with van der Waals surface area (Å²) in [6, 6.07) is 6.27. The van der Waals surface area contributed by atoms with Crippen LogP contribution in [-0.2, 0) is 0 Å². The maximum Gasteiger partial charge on any atom is 0.180 e. The maximum atomic E-state index is 6.09. The fourth-order valence-electron chi connectivity index (χ4n) is 2.84. The lowest BCUT2D eigenvalue weighted by Gasteiger charge is -2.40. The molecule has 0 spiro atoms. The van der Waals surface area contributed by atoms with Gasteiger partial charge >= 0.3 is 0 Å². The van der Waals surface area contributed by atoms with Crippen LogP contribution in [0.1, 0.15) is 25.6 Å². The number of hydrogen-bond donors (Lipinski definition) is 1. The number of aromatic nitrogens is 1. The van der Waals surface area contributed by atoms with Crippen molar-refractivity contribution in [2.24, 2.45) is 0 Å². The van der Waals surface area contributed by atoms with Crippen LogP contribution >= 0.6 is 11.3 Å². The number of aryl methyl sites for hydroxylation is 1. The van der Waals surface area contributed by atoms with E-state index in [1.165, 1.54) is 11.3 Å². The molecule has 5 heteroatoms. The Bertz CT molecular complexity index is 678. The van der Waals surface area contributed by atoms with Crippen molar-refractivity contribution in [3.05, 3.63) is 23.1 Å². The first-order valence-electron chi connectivity index (χ1n) is 7.21. The van der Waals surface area contributed by atoms with E-state index in [1.807, 2.05) is 6.07 Å². The van der Waals surface area contributed by atoms with Crippen LogP contribution in [0.15, 0.2) is 18.2 Å². The van der Waals surface area contributed by atoms with Crippen molar-refractivity contribution >= 4 is 22.2 Å². The molecule has 0 saturated carbocycles. The van der Waals surface area contributed by atoms with Gasteiger partial charge in [0.25, 0.3) is 0 Å². The number of likely N-dealkylation sites (N-methyl/N-ethyl adjacent to an activating group) is 1. The molecule has 2 heterocycles. The zero-order chi connectivity index (χ0) is 15.2. The van der Waals surface area contributed by atoms with Gasteiger partial charge in [-0.2, -0.15) is 0 Å². The first-order valence-corrected chi connectivity index (χ1v) is 8.02.